The summed E-state index contributed by atoms with van der Waals surface area (Å²) in [7, 11) is 0. The van der Waals surface area contributed by atoms with Crippen molar-refractivity contribution in [2.45, 2.75) is 6.92 Å². The molecule has 0 fully saturated rings. The van der Waals surface area contributed by atoms with E-state index in [1.807, 2.05) is 89.8 Å². The summed E-state index contributed by atoms with van der Waals surface area (Å²) in [5.74, 6) is -0.217. The van der Waals surface area contributed by atoms with Gasteiger partial charge in [0.1, 0.15) is 5.01 Å². The van der Waals surface area contributed by atoms with Crippen molar-refractivity contribution in [3.05, 3.63) is 151 Å². The summed E-state index contributed by atoms with van der Waals surface area (Å²) in [5, 5.41) is 8.84. The number of nitrogens with one attached hydrogen (secondary N) is 1. The largest absolute Gasteiger partial charge is 0.323 e. The topological polar surface area (TPSA) is 59.8 Å². The summed E-state index contributed by atoms with van der Waals surface area (Å²) in [6.45, 7) is 2.09. The Kier molecular flexibility index (Phi) is 7.41. The lowest BCUT2D eigenvalue weighted by Gasteiger charge is -2.04. The molecule has 44 heavy (non-hydrogen) atoms. The van der Waals surface area contributed by atoms with Crippen LogP contribution in [0.15, 0.2) is 140 Å². The van der Waals surface area contributed by atoms with E-state index in [1.165, 1.54) is 10.3 Å². The summed E-state index contributed by atoms with van der Waals surface area (Å²) in [5.41, 5.74) is 9.82. The van der Waals surface area contributed by atoms with Gasteiger partial charge in [0.05, 0.1) is 21.6 Å². The fourth-order valence-electron chi connectivity index (χ4n) is 5.10. The van der Waals surface area contributed by atoms with E-state index < -0.39 is 0 Å². The smallest absolute Gasteiger partial charge is 0.248 e. The Morgan fingerprint density at radius 3 is 2.16 bits per heavy atom. The number of amides is 1. The molecule has 0 spiro atoms. The maximum atomic E-state index is 13.0. The van der Waals surface area contributed by atoms with E-state index in [-0.39, 0.29) is 5.91 Å². The standard InChI is InChI=1S/C38H28N4OS/c1-26-12-22-34-35(24-26)44-38(40-34)30-17-20-32(21-18-30)39-36(43)23-19-31-25-42(33-10-6-3-7-11-33)41-37(31)29-15-13-28(14-16-29)27-8-4-2-5-9-27/h2-25H,1H3,(H,39,43). The quantitative estimate of drug-likeness (QED) is 0.189. The van der Waals surface area contributed by atoms with Crippen LogP contribution in [-0.2, 0) is 4.79 Å². The van der Waals surface area contributed by atoms with E-state index in [1.54, 1.807) is 17.4 Å². The number of anilines is 1. The zero-order valence-corrected chi connectivity index (χ0v) is 24.8. The highest BCUT2D eigenvalue weighted by molar-refractivity contribution is 7.21. The van der Waals surface area contributed by atoms with Crippen molar-refractivity contribution < 1.29 is 4.79 Å². The lowest BCUT2D eigenvalue weighted by Crippen LogP contribution is -2.07. The number of hydrogen-bond donors (Lipinski definition) is 1. The van der Waals surface area contributed by atoms with Crippen LogP contribution in [0.25, 0.3) is 54.9 Å². The summed E-state index contributed by atoms with van der Waals surface area (Å²) in [4.78, 5) is 17.7. The molecule has 5 nitrogen and oxygen atoms in total. The normalized spacial score (nSPS) is 11.3. The molecule has 0 aliphatic heterocycles. The second-order valence-corrected chi connectivity index (χ2v) is 11.6. The Hall–Kier alpha value is -5.59. The average molecular weight is 589 g/mol. The van der Waals surface area contributed by atoms with Gasteiger partial charge in [-0.25, -0.2) is 9.67 Å². The molecule has 0 aliphatic carbocycles. The number of thiazole rings is 1. The van der Waals surface area contributed by atoms with E-state index in [0.29, 0.717) is 0 Å². The number of aryl methyl sites for hydroxylation is 1. The first-order valence-electron chi connectivity index (χ1n) is 14.4. The van der Waals surface area contributed by atoms with Crippen molar-refractivity contribution in [1.82, 2.24) is 14.8 Å². The van der Waals surface area contributed by atoms with Crippen LogP contribution in [0.3, 0.4) is 0 Å². The molecule has 2 heterocycles. The first kappa shape index (κ1) is 27.3. The number of benzene rings is 5. The van der Waals surface area contributed by atoms with Crippen LogP contribution in [0.4, 0.5) is 5.69 Å². The van der Waals surface area contributed by atoms with Crippen LogP contribution >= 0.6 is 11.3 Å². The Morgan fingerprint density at radius 1 is 0.750 bits per heavy atom. The van der Waals surface area contributed by atoms with Crippen LogP contribution in [-0.4, -0.2) is 20.7 Å². The first-order chi connectivity index (χ1) is 21.6. The van der Waals surface area contributed by atoms with E-state index >= 15 is 0 Å². The van der Waals surface area contributed by atoms with Gasteiger partial charge in [-0.2, -0.15) is 5.10 Å². The molecular formula is C38H28N4OS. The molecule has 7 aromatic rings. The van der Waals surface area contributed by atoms with Crippen molar-refractivity contribution >= 4 is 39.2 Å². The van der Waals surface area contributed by atoms with Gasteiger partial charge in [-0.3, -0.25) is 4.79 Å². The maximum absolute atomic E-state index is 13.0. The Morgan fingerprint density at radius 2 is 1.41 bits per heavy atom. The minimum atomic E-state index is -0.217. The fourth-order valence-corrected chi connectivity index (χ4v) is 6.17. The first-order valence-corrected chi connectivity index (χ1v) is 15.2. The predicted octanol–water partition coefficient (Wildman–Crippen LogP) is 9.44. The average Bonchev–Trinajstić information content (AvgIpc) is 3.70. The van der Waals surface area contributed by atoms with Gasteiger partial charge in [0.2, 0.25) is 5.91 Å². The SMILES string of the molecule is Cc1ccc2nc(-c3ccc(NC(=O)C=Cc4cn(-c5ccccc5)nc4-c4ccc(-c5ccccc5)cc4)cc3)sc2c1. The highest BCUT2D eigenvalue weighted by Gasteiger charge is 2.12. The van der Waals surface area contributed by atoms with Crippen molar-refractivity contribution in [3.63, 3.8) is 0 Å². The number of rotatable bonds is 7. The minimum absolute atomic E-state index is 0.217. The minimum Gasteiger partial charge on any atom is -0.323 e. The maximum Gasteiger partial charge on any atom is 0.248 e. The molecule has 0 unspecified atom stereocenters. The van der Waals surface area contributed by atoms with Gasteiger partial charge >= 0.3 is 0 Å². The van der Waals surface area contributed by atoms with Crippen molar-refractivity contribution in [2.75, 3.05) is 5.32 Å². The van der Waals surface area contributed by atoms with Gasteiger partial charge in [0, 0.05) is 34.7 Å². The number of nitrogens with zero attached hydrogens (tertiary/aromatic N) is 3. The Balaban J connectivity index is 1.11. The van der Waals surface area contributed by atoms with Crippen molar-refractivity contribution in [1.29, 1.82) is 0 Å². The van der Waals surface area contributed by atoms with E-state index in [9.17, 15) is 4.79 Å². The highest BCUT2D eigenvalue weighted by Crippen LogP contribution is 2.32. The van der Waals surface area contributed by atoms with Crippen LogP contribution in [0.2, 0.25) is 0 Å². The Bertz CT molecular complexity index is 2090. The number of carbonyl (C=O) groups excluding carboxylic acids is 1. The van der Waals surface area contributed by atoms with Crippen LogP contribution in [0.5, 0.6) is 0 Å². The molecule has 5 aromatic carbocycles. The molecule has 6 heteroatoms. The molecular weight excluding hydrogens is 561 g/mol. The Labute approximate surface area is 259 Å². The molecule has 0 saturated heterocycles. The van der Waals surface area contributed by atoms with Gasteiger partial charge in [0.15, 0.2) is 0 Å². The molecule has 0 saturated carbocycles. The van der Waals surface area contributed by atoms with Gasteiger partial charge in [-0.05, 0) is 78.2 Å². The summed E-state index contributed by atoms with van der Waals surface area (Å²) in [6, 6.07) is 42.7. The monoisotopic (exact) mass is 588 g/mol. The zero-order valence-electron chi connectivity index (χ0n) is 24.0. The van der Waals surface area contributed by atoms with Crippen molar-refractivity contribution in [2.24, 2.45) is 0 Å². The van der Waals surface area contributed by atoms with E-state index in [4.69, 9.17) is 10.1 Å². The number of fused-ring (bicyclic) bond motifs is 1. The molecule has 1 N–H and O–H groups in total. The molecule has 7 rings (SSSR count). The van der Waals surface area contributed by atoms with Crippen LogP contribution in [0, 0.1) is 6.92 Å². The molecule has 0 radical (unpaired) electrons. The number of carbonyl (C=O) groups is 1. The highest BCUT2D eigenvalue weighted by atomic mass is 32.1. The zero-order chi connectivity index (χ0) is 29.9. The van der Waals surface area contributed by atoms with E-state index in [2.05, 4.69) is 66.8 Å². The number of aromatic nitrogens is 3. The molecule has 2 aromatic heterocycles. The number of para-hydroxylation sites is 1. The molecule has 0 atom stereocenters. The molecule has 212 valence electrons. The third-order valence-electron chi connectivity index (χ3n) is 7.39. The lowest BCUT2D eigenvalue weighted by atomic mass is 10.0. The third-order valence-corrected chi connectivity index (χ3v) is 8.45. The van der Waals surface area contributed by atoms with Gasteiger partial charge in [-0.1, -0.05) is 78.9 Å². The predicted molar refractivity (Wildman–Crippen MR) is 182 cm³/mol. The van der Waals surface area contributed by atoms with Gasteiger partial charge in [0.25, 0.3) is 0 Å². The second kappa shape index (κ2) is 12.0. The van der Waals surface area contributed by atoms with Crippen molar-refractivity contribution in [3.8, 4) is 38.6 Å². The summed E-state index contributed by atoms with van der Waals surface area (Å²) in [6.07, 6.45) is 5.32. The third kappa shape index (κ3) is 5.84. The van der Waals surface area contributed by atoms with Gasteiger partial charge in [-0.15, -0.1) is 11.3 Å². The molecule has 1 amide bonds. The second-order valence-electron chi connectivity index (χ2n) is 10.5. The molecule has 0 aliphatic rings. The molecule has 0 bridgehead atoms. The van der Waals surface area contributed by atoms with Crippen LogP contribution < -0.4 is 5.32 Å². The summed E-state index contributed by atoms with van der Waals surface area (Å²) < 4.78 is 3.02. The number of hydrogen-bond acceptors (Lipinski definition) is 4. The fraction of sp³-hybridized carbons (Fsp3) is 0.0263. The van der Waals surface area contributed by atoms with Crippen LogP contribution in [0.1, 0.15) is 11.1 Å². The lowest BCUT2D eigenvalue weighted by molar-refractivity contribution is -0.111. The summed E-state index contributed by atoms with van der Waals surface area (Å²) >= 11 is 1.67. The van der Waals surface area contributed by atoms with E-state index in [0.717, 1.165) is 55.4 Å². The van der Waals surface area contributed by atoms with Gasteiger partial charge < -0.3 is 5.32 Å².